The Kier molecular flexibility index (Phi) is 5.79. The van der Waals surface area contributed by atoms with Crippen LogP contribution in [0.2, 0.25) is 0 Å². The predicted octanol–water partition coefficient (Wildman–Crippen LogP) is 1.31. The van der Waals surface area contributed by atoms with Crippen LogP contribution in [0.4, 0.5) is 13.2 Å². The van der Waals surface area contributed by atoms with Crippen molar-refractivity contribution < 1.29 is 33.0 Å². The Bertz CT molecular complexity index is 359. The average Bonchev–Trinajstić information content (AvgIpc) is 2.37. The molecule has 0 aromatic carbocycles. The number of rotatable bonds is 5. The van der Waals surface area contributed by atoms with Gasteiger partial charge in [-0.25, -0.2) is 4.79 Å². The van der Waals surface area contributed by atoms with Crippen molar-refractivity contribution in [1.29, 1.82) is 0 Å². The largest absolute Gasteiger partial charge is 0.480 e. The third-order valence-electron chi connectivity index (χ3n) is 3.54. The second-order valence-corrected chi connectivity index (χ2v) is 5.01. The Morgan fingerprint density at radius 3 is 2.45 bits per heavy atom. The molecule has 116 valence electrons. The number of alkyl halides is 3. The maximum absolute atomic E-state index is 12.6. The zero-order valence-electron chi connectivity index (χ0n) is 10.8. The summed E-state index contributed by atoms with van der Waals surface area (Å²) in [5, 5.41) is 19.7. The van der Waals surface area contributed by atoms with Gasteiger partial charge in [0.15, 0.2) is 0 Å². The molecule has 0 aromatic rings. The highest BCUT2D eigenvalue weighted by molar-refractivity contribution is 5.85. The van der Waals surface area contributed by atoms with Gasteiger partial charge in [0.2, 0.25) is 5.91 Å². The van der Waals surface area contributed by atoms with Gasteiger partial charge in [-0.1, -0.05) is 6.42 Å². The number of hydrogen-bond donors (Lipinski definition) is 3. The molecule has 0 spiro atoms. The zero-order chi connectivity index (χ0) is 15.3. The van der Waals surface area contributed by atoms with Crippen LogP contribution >= 0.6 is 0 Å². The van der Waals surface area contributed by atoms with Gasteiger partial charge in [0.1, 0.15) is 6.04 Å². The summed E-state index contributed by atoms with van der Waals surface area (Å²) in [7, 11) is 0. The van der Waals surface area contributed by atoms with Crippen molar-refractivity contribution in [3.8, 4) is 0 Å². The fourth-order valence-corrected chi connectivity index (χ4v) is 2.40. The van der Waals surface area contributed by atoms with Crippen molar-refractivity contribution in [2.75, 3.05) is 6.61 Å². The number of carbonyl (C=O) groups is 2. The standard InChI is InChI=1S/C12H18F3NO4/c13-12(14,15)8-3-1-2-7(6-8)10(18)16-9(4-5-17)11(19)20/h7-9,17H,1-6H2,(H,16,18)(H,19,20). The van der Waals surface area contributed by atoms with Crippen molar-refractivity contribution >= 4 is 11.9 Å². The zero-order valence-corrected chi connectivity index (χ0v) is 10.8. The van der Waals surface area contributed by atoms with Gasteiger partial charge in [0, 0.05) is 18.9 Å². The van der Waals surface area contributed by atoms with E-state index in [0.29, 0.717) is 12.8 Å². The van der Waals surface area contributed by atoms with Gasteiger partial charge in [-0.05, 0) is 19.3 Å². The molecule has 8 heteroatoms. The van der Waals surface area contributed by atoms with E-state index < -0.39 is 42.5 Å². The fraction of sp³-hybridized carbons (Fsp3) is 0.833. The number of carbonyl (C=O) groups excluding carboxylic acids is 1. The predicted molar refractivity (Wildman–Crippen MR) is 62.8 cm³/mol. The Morgan fingerprint density at radius 2 is 1.95 bits per heavy atom. The summed E-state index contributed by atoms with van der Waals surface area (Å²) >= 11 is 0. The van der Waals surface area contributed by atoms with Crippen molar-refractivity contribution in [2.24, 2.45) is 11.8 Å². The molecule has 0 aromatic heterocycles. The summed E-state index contributed by atoms with van der Waals surface area (Å²) in [5.41, 5.74) is 0. The number of nitrogens with one attached hydrogen (secondary N) is 1. The Labute approximate surface area is 114 Å². The minimum absolute atomic E-state index is 0.00623. The normalized spacial score (nSPS) is 25.0. The summed E-state index contributed by atoms with van der Waals surface area (Å²) in [6.07, 6.45) is -4.18. The smallest absolute Gasteiger partial charge is 0.391 e. The van der Waals surface area contributed by atoms with E-state index in [9.17, 15) is 22.8 Å². The summed E-state index contributed by atoms with van der Waals surface area (Å²) in [6, 6.07) is -1.27. The molecule has 20 heavy (non-hydrogen) atoms. The van der Waals surface area contributed by atoms with Gasteiger partial charge in [-0.3, -0.25) is 4.79 Å². The van der Waals surface area contributed by atoms with E-state index in [1.165, 1.54) is 0 Å². The first-order valence-corrected chi connectivity index (χ1v) is 6.46. The minimum atomic E-state index is -4.32. The second-order valence-electron chi connectivity index (χ2n) is 5.01. The first-order chi connectivity index (χ1) is 9.25. The van der Waals surface area contributed by atoms with Crippen molar-refractivity contribution in [2.45, 2.75) is 44.3 Å². The monoisotopic (exact) mass is 297 g/mol. The number of carboxylic acids is 1. The van der Waals surface area contributed by atoms with Gasteiger partial charge in [-0.15, -0.1) is 0 Å². The number of aliphatic hydroxyl groups excluding tert-OH is 1. The summed E-state index contributed by atoms with van der Waals surface area (Å²) in [5.74, 6) is -4.32. The number of carboxylic acid groups (broad SMARTS) is 1. The third-order valence-corrected chi connectivity index (χ3v) is 3.54. The van der Waals surface area contributed by atoms with Crippen LogP contribution in [0.3, 0.4) is 0 Å². The van der Waals surface area contributed by atoms with Crippen molar-refractivity contribution in [1.82, 2.24) is 5.32 Å². The molecule has 1 aliphatic rings. The van der Waals surface area contributed by atoms with Crippen LogP contribution in [0, 0.1) is 11.8 Å². The molecule has 5 nitrogen and oxygen atoms in total. The Morgan fingerprint density at radius 1 is 1.30 bits per heavy atom. The number of hydrogen-bond acceptors (Lipinski definition) is 3. The lowest BCUT2D eigenvalue weighted by molar-refractivity contribution is -0.186. The lowest BCUT2D eigenvalue weighted by Gasteiger charge is -2.30. The van der Waals surface area contributed by atoms with Crippen LogP contribution in [0.5, 0.6) is 0 Å². The van der Waals surface area contributed by atoms with Crippen LogP contribution in [-0.4, -0.2) is 40.9 Å². The van der Waals surface area contributed by atoms with Gasteiger partial charge in [0.05, 0.1) is 5.92 Å². The first-order valence-electron chi connectivity index (χ1n) is 6.46. The number of amides is 1. The van der Waals surface area contributed by atoms with E-state index in [2.05, 4.69) is 5.32 Å². The molecule has 0 saturated heterocycles. The van der Waals surface area contributed by atoms with E-state index in [1.54, 1.807) is 0 Å². The highest BCUT2D eigenvalue weighted by atomic mass is 19.4. The van der Waals surface area contributed by atoms with Crippen LogP contribution in [0.25, 0.3) is 0 Å². The molecule has 3 atom stereocenters. The molecule has 1 saturated carbocycles. The molecular formula is C12H18F3NO4. The third kappa shape index (κ3) is 4.66. The van der Waals surface area contributed by atoms with Crippen LogP contribution in [0.15, 0.2) is 0 Å². The highest BCUT2D eigenvalue weighted by Crippen LogP contribution is 2.39. The van der Waals surface area contributed by atoms with E-state index >= 15 is 0 Å². The SMILES string of the molecule is O=C(NC(CCO)C(=O)O)C1CCCC(C(F)(F)F)C1. The average molecular weight is 297 g/mol. The molecule has 1 aliphatic carbocycles. The molecule has 0 heterocycles. The maximum Gasteiger partial charge on any atom is 0.391 e. The molecular weight excluding hydrogens is 279 g/mol. The fourth-order valence-electron chi connectivity index (χ4n) is 2.40. The molecule has 3 unspecified atom stereocenters. The van der Waals surface area contributed by atoms with Gasteiger partial charge < -0.3 is 15.5 Å². The van der Waals surface area contributed by atoms with E-state index in [-0.39, 0.29) is 19.3 Å². The quantitative estimate of drug-likeness (QED) is 0.714. The maximum atomic E-state index is 12.6. The van der Waals surface area contributed by atoms with E-state index in [1.807, 2.05) is 0 Å². The molecule has 0 radical (unpaired) electrons. The van der Waals surface area contributed by atoms with Crippen LogP contribution in [-0.2, 0) is 9.59 Å². The van der Waals surface area contributed by atoms with Gasteiger partial charge >= 0.3 is 12.1 Å². The molecule has 0 bridgehead atoms. The number of aliphatic carboxylic acids is 1. The highest BCUT2D eigenvalue weighted by Gasteiger charge is 2.43. The Hall–Kier alpha value is -1.31. The minimum Gasteiger partial charge on any atom is -0.480 e. The number of aliphatic hydroxyl groups is 1. The van der Waals surface area contributed by atoms with Crippen LogP contribution in [0.1, 0.15) is 32.1 Å². The lowest BCUT2D eigenvalue weighted by Crippen LogP contribution is -2.45. The summed E-state index contributed by atoms with van der Waals surface area (Å²) in [4.78, 5) is 22.7. The van der Waals surface area contributed by atoms with E-state index in [0.717, 1.165) is 0 Å². The lowest BCUT2D eigenvalue weighted by atomic mass is 9.80. The van der Waals surface area contributed by atoms with Crippen molar-refractivity contribution in [3.63, 3.8) is 0 Å². The first kappa shape index (κ1) is 16.7. The number of halogens is 3. The molecule has 1 amide bonds. The second kappa shape index (κ2) is 6.92. The van der Waals surface area contributed by atoms with Crippen molar-refractivity contribution in [3.05, 3.63) is 0 Å². The van der Waals surface area contributed by atoms with Crippen LogP contribution < -0.4 is 5.32 Å². The van der Waals surface area contributed by atoms with Gasteiger partial charge in [-0.2, -0.15) is 13.2 Å². The topological polar surface area (TPSA) is 86.6 Å². The Balaban J connectivity index is 2.60. The molecule has 1 fully saturated rings. The molecule has 0 aliphatic heterocycles. The molecule has 1 rings (SSSR count). The molecule has 3 N–H and O–H groups in total. The van der Waals surface area contributed by atoms with Gasteiger partial charge in [0.25, 0.3) is 0 Å². The summed E-state index contributed by atoms with van der Waals surface area (Å²) in [6.45, 7) is -0.424. The van der Waals surface area contributed by atoms with E-state index in [4.69, 9.17) is 10.2 Å². The summed E-state index contributed by atoms with van der Waals surface area (Å²) < 4.78 is 37.9.